The molecule has 2 aromatic carbocycles. The minimum Gasteiger partial charge on any atom is -0.340 e. The summed E-state index contributed by atoms with van der Waals surface area (Å²) in [6, 6.07) is 16.6. The van der Waals surface area contributed by atoms with Crippen LogP contribution in [-0.2, 0) is 0 Å². The molecule has 0 saturated carbocycles. The van der Waals surface area contributed by atoms with Crippen molar-refractivity contribution in [1.82, 2.24) is 9.97 Å². The summed E-state index contributed by atoms with van der Waals surface area (Å²) in [6.07, 6.45) is 1.37. The van der Waals surface area contributed by atoms with E-state index in [1.807, 2.05) is 55.5 Å². The Kier molecular flexibility index (Phi) is 4.95. The van der Waals surface area contributed by atoms with Gasteiger partial charge in [-0.3, -0.25) is 4.79 Å². The molecule has 1 amide bonds. The van der Waals surface area contributed by atoms with Gasteiger partial charge in [-0.25, -0.2) is 9.97 Å². The first-order valence-corrected chi connectivity index (χ1v) is 8.11. The van der Waals surface area contributed by atoms with E-state index in [2.05, 4.69) is 15.3 Å². The minimum atomic E-state index is -0.209. The van der Waals surface area contributed by atoms with Crippen molar-refractivity contribution < 1.29 is 4.79 Å². The van der Waals surface area contributed by atoms with Crippen LogP contribution in [0.5, 0.6) is 0 Å². The van der Waals surface area contributed by atoms with Gasteiger partial charge in [0.2, 0.25) is 0 Å². The minimum absolute atomic E-state index is 0.209. The molecule has 5 nitrogen and oxygen atoms in total. The van der Waals surface area contributed by atoms with Crippen LogP contribution in [-0.4, -0.2) is 22.9 Å². The molecule has 6 heteroatoms. The van der Waals surface area contributed by atoms with Gasteiger partial charge in [-0.05, 0) is 36.8 Å². The Morgan fingerprint density at radius 3 is 2.60 bits per heavy atom. The summed E-state index contributed by atoms with van der Waals surface area (Å²) in [6.45, 7) is 1.92. The van der Waals surface area contributed by atoms with E-state index in [0.29, 0.717) is 16.5 Å². The predicted octanol–water partition coefficient (Wildman–Crippen LogP) is 4.46. The van der Waals surface area contributed by atoms with Crippen molar-refractivity contribution in [3.8, 4) is 0 Å². The predicted molar refractivity (Wildman–Crippen MR) is 101 cm³/mol. The highest BCUT2D eigenvalue weighted by molar-refractivity contribution is 6.31. The average Bonchev–Trinajstić information content (AvgIpc) is 2.65. The highest BCUT2D eigenvalue weighted by atomic mass is 35.5. The number of amides is 1. The fraction of sp³-hybridized carbons (Fsp3) is 0.105. The molecule has 1 heterocycles. The van der Waals surface area contributed by atoms with Gasteiger partial charge in [0.1, 0.15) is 17.8 Å². The normalized spacial score (nSPS) is 10.4. The maximum atomic E-state index is 12.7. The lowest BCUT2D eigenvalue weighted by molar-refractivity contribution is 0.0988. The Labute approximate surface area is 151 Å². The number of nitrogens with zero attached hydrogens (tertiary/aromatic N) is 3. The molecule has 0 radical (unpaired) electrons. The number of carbonyl (C=O) groups excluding carboxylic acids is 1. The molecule has 0 bridgehead atoms. The molecule has 0 spiro atoms. The van der Waals surface area contributed by atoms with Crippen LogP contribution in [0.4, 0.5) is 17.2 Å². The zero-order valence-electron chi connectivity index (χ0n) is 13.9. The van der Waals surface area contributed by atoms with E-state index in [-0.39, 0.29) is 5.91 Å². The van der Waals surface area contributed by atoms with Crippen LogP contribution in [0.15, 0.2) is 60.9 Å². The van der Waals surface area contributed by atoms with E-state index in [1.165, 1.54) is 6.33 Å². The molecule has 126 valence electrons. The molecule has 0 saturated heterocycles. The van der Waals surface area contributed by atoms with Gasteiger partial charge in [-0.15, -0.1) is 0 Å². The topological polar surface area (TPSA) is 58.1 Å². The molecule has 0 fully saturated rings. The molecule has 1 aromatic heterocycles. The quantitative estimate of drug-likeness (QED) is 0.753. The number of para-hydroxylation sites is 1. The Hall–Kier alpha value is -2.92. The maximum Gasteiger partial charge on any atom is 0.276 e. The van der Waals surface area contributed by atoms with E-state index in [9.17, 15) is 4.79 Å². The number of hydrogen-bond acceptors (Lipinski definition) is 4. The average molecular weight is 353 g/mol. The fourth-order valence-electron chi connectivity index (χ4n) is 2.36. The van der Waals surface area contributed by atoms with Gasteiger partial charge < -0.3 is 10.2 Å². The van der Waals surface area contributed by atoms with Crippen LogP contribution in [0.1, 0.15) is 16.1 Å². The van der Waals surface area contributed by atoms with Gasteiger partial charge >= 0.3 is 0 Å². The lowest BCUT2D eigenvalue weighted by Crippen LogP contribution is -2.27. The molecule has 0 unspecified atom stereocenters. The third-order valence-corrected chi connectivity index (χ3v) is 4.27. The number of nitrogens with one attached hydrogen (secondary N) is 1. The first-order valence-electron chi connectivity index (χ1n) is 7.73. The number of aromatic nitrogens is 2. The Balaban J connectivity index is 1.84. The van der Waals surface area contributed by atoms with Crippen molar-refractivity contribution in [2.75, 3.05) is 17.3 Å². The van der Waals surface area contributed by atoms with Crippen molar-refractivity contribution in [2.45, 2.75) is 6.92 Å². The highest BCUT2D eigenvalue weighted by Crippen LogP contribution is 2.25. The summed E-state index contributed by atoms with van der Waals surface area (Å²) in [5.41, 5.74) is 2.85. The van der Waals surface area contributed by atoms with Gasteiger partial charge in [0.25, 0.3) is 5.91 Å². The van der Waals surface area contributed by atoms with Gasteiger partial charge in [0, 0.05) is 29.5 Å². The summed E-state index contributed by atoms with van der Waals surface area (Å²) in [7, 11) is 1.72. The summed E-state index contributed by atoms with van der Waals surface area (Å²) in [5.74, 6) is 0.324. The first-order chi connectivity index (χ1) is 12.1. The zero-order valence-corrected chi connectivity index (χ0v) is 14.7. The standard InChI is InChI=1S/C19H17ClN4O/c1-13-15(20)9-6-10-16(13)23-18-11-17(21-12-22-18)19(25)24(2)14-7-4-3-5-8-14/h3-12H,1-2H3,(H,21,22,23). The molecule has 0 aliphatic rings. The molecule has 1 N–H and O–H groups in total. The van der Waals surface area contributed by atoms with Crippen LogP contribution in [0.2, 0.25) is 5.02 Å². The third kappa shape index (κ3) is 3.78. The second-order valence-electron chi connectivity index (χ2n) is 5.53. The van der Waals surface area contributed by atoms with Crippen LogP contribution < -0.4 is 10.2 Å². The monoisotopic (exact) mass is 352 g/mol. The highest BCUT2D eigenvalue weighted by Gasteiger charge is 2.15. The van der Waals surface area contributed by atoms with Crippen LogP contribution in [0, 0.1) is 6.92 Å². The number of hydrogen-bond donors (Lipinski definition) is 1. The smallest absolute Gasteiger partial charge is 0.276 e. The SMILES string of the molecule is Cc1c(Cl)cccc1Nc1cc(C(=O)N(C)c2ccccc2)ncn1. The molecule has 0 aliphatic heterocycles. The number of carbonyl (C=O) groups is 1. The third-order valence-electron chi connectivity index (χ3n) is 3.86. The molecule has 3 rings (SSSR count). The lowest BCUT2D eigenvalue weighted by atomic mass is 10.2. The first kappa shape index (κ1) is 16.9. The van der Waals surface area contributed by atoms with E-state index in [4.69, 9.17) is 11.6 Å². The van der Waals surface area contributed by atoms with Gasteiger partial charge in [-0.1, -0.05) is 35.9 Å². The molecule has 0 aliphatic carbocycles. The molecular formula is C19H17ClN4O. The molecule has 25 heavy (non-hydrogen) atoms. The Morgan fingerprint density at radius 2 is 1.84 bits per heavy atom. The summed E-state index contributed by atoms with van der Waals surface area (Å²) in [4.78, 5) is 22.5. The van der Waals surface area contributed by atoms with Crippen molar-refractivity contribution >= 4 is 34.7 Å². The van der Waals surface area contributed by atoms with Crippen molar-refractivity contribution in [3.05, 3.63) is 77.2 Å². The van der Waals surface area contributed by atoms with E-state index >= 15 is 0 Å². The second kappa shape index (κ2) is 7.32. The largest absolute Gasteiger partial charge is 0.340 e. The lowest BCUT2D eigenvalue weighted by Gasteiger charge is -2.17. The van der Waals surface area contributed by atoms with Crippen molar-refractivity contribution in [2.24, 2.45) is 0 Å². The summed E-state index contributed by atoms with van der Waals surface area (Å²) in [5, 5.41) is 3.85. The van der Waals surface area contributed by atoms with Crippen LogP contribution in [0.3, 0.4) is 0 Å². The van der Waals surface area contributed by atoms with Gasteiger partial charge in [0.15, 0.2) is 0 Å². The van der Waals surface area contributed by atoms with E-state index in [1.54, 1.807) is 18.0 Å². The fourth-order valence-corrected chi connectivity index (χ4v) is 2.54. The Bertz CT molecular complexity index is 899. The van der Waals surface area contributed by atoms with Crippen LogP contribution >= 0.6 is 11.6 Å². The number of rotatable bonds is 4. The number of benzene rings is 2. The molecule has 0 atom stereocenters. The maximum absolute atomic E-state index is 12.7. The zero-order chi connectivity index (χ0) is 17.8. The van der Waals surface area contributed by atoms with Crippen LogP contribution in [0.25, 0.3) is 0 Å². The number of halogens is 1. The van der Waals surface area contributed by atoms with Gasteiger partial charge in [0.05, 0.1) is 0 Å². The Morgan fingerprint density at radius 1 is 1.08 bits per heavy atom. The van der Waals surface area contributed by atoms with Crippen molar-refractivity contribution in [1.29, 1.82) is 0 Å². The second-order valence-corrected chi connectivity index (χ2v) is 5.93. The molecule has 3 aromatic rings. The van der Waals surface area contributed by atoms with Gasteiger partial charge in [-0.2, -0.15) is 0 Å². The van der Waals surface area contributed by atoms with Crippen molar-refractivity contribution in [3.63, 3.8) is 0 Å². The van der Waals surface area contributed by atoms with E-state index in [0.717, 1.165) is 16.9 Å². The molecular weight excluding hydrogens is 336 g/mol. The summed E-state index contributed by atoms with van der Waals surface area (Å²) >= 11 is 6.14. The van der Waals surface area contributed by atoms with E-state index < -0.39 is 0 Å². The number of anilines is 3. The summed E-state index contributed by atoms with van der Waals surface area (Å²) < 4.78 is 0.